The van der Waals surface area contributed by atoms with Crippen LogP contribution in [0.25, 0.3) is 0 Å². The first-order valence-corrected chi connectivity index (χ1v) is 8.11. The van der Waals surface area contributed by atoms with Gasteiger partial charge in [0, 0.05) is 37.6 Å². The second kappa shape index (κ2) is 5.80. The van der Waals surface area contributed by atoms with Crippen LogP contribution in [0.4, 0.5) is 0 Å². The highest BCUT2D eigenvalue weighted by molar-refractivity contribution is 5.92. The Morgan fingerprint density at radius 3 is 2.70 bits per heavy atom. The summed E-state index contributed by atoms with van der Waals surface area (Å²) in [6, 6.07) is 5.83. The maximum absolute atomic E-state index is 12.7. The molecule has 0 atom stereocenters. The second-order valence-corrected chi connectivity index (χ2v) is 7.33. The molecule has 3 rings (SSSR count). The topological polar surface area (TPSA) is 51.0 Å². The van der Waals surface area contributed by atoms with Crippen LogP contribution in [0.15, 0.2) is 30.6 Å². The lowest BCUT2D eigenvalue weighted by atomic mass is 10.1. The van der Waals surface area contributed by atoms with Crippen LogP contribution in [0, 0.1) is 0 Å². The Kier molecular flexibility index (Phi) is 3.96. The number of amides is 1. The summed E-state index contributed by atoms with van der Waals surface area (Å²) in [5, 5.41) is 4.62. The molecule has 0 radical (unpaired) electrons. The van der Waals surface area contributed by atoms with E-state index < -0.39 is 0 Å². The number of nitrogens with zero attached hydrogens (tertiary/aromatic N) is 4. The molecular formula is C18H24N4O. The molecule has 23 heavy (non-hydrogen) atoms. The molecule has 1 amide bonds. The van der Waals surface area contributed by atoms with Crippen molar-refractivity contribution in [2.45, 2.75) is 51.6 Å². The highest BCUT2D eigenvalue weighted by Crippen LogP contribution is 2.41. The lowest BCUT2D eigenvalue weighted by Crippen LogP contribution is -2.28. The number of pyridine rings is 1. The Balaban J connectivity index is 1.82. The van der Waals surface area contributed by atoms with Gasteiger partial charge in [-0.05, 0) is 51.3 Å². The van der Waals surface area contributed by atoms with Crippen LogP contribution in [0.3, 0.4) is 0 Å². The van der Waals surface area contributed by atoms with E-state index in [0.717, 1.165) is 5.56 Å². The Bertz CT molecular complexity index is 696. The third-order valence-corrected chi connectivity index (χ3v) is 4.08. The van der Waals surface area contributed by atoms with Crippen molar-refractivity contribution in [1.82, 2.24) is 19.7 Å². The van der Waals surface area contributed by atoms with Crippen molar-refractivity contribution in [2.75, 3.05) is 7.05 Å². The quantitative estimate of drug-likeness (QED) is 0.871. The predicted molar refractivity (Wildman–Crippen MR) is 89.2 cm³/mol. The SMILES string of the molecule is CN(Cc1cccnc1)C(=O)c1cc(C2CC2)n(C(C)(C)C)n1. The van der Waals surface area contributed by atoms with Gasteiger partial charge in [-0.1, -0.05) is 6.07 Å². The Morgan fingerprint density at radius 2 is 2.13 bits per heavy atom. The van der Waals surface area contributed by atoms with Gasteiger partial charge >= 0.3 is 0 Å². The largest absolute Gasteiger partial charge is 0.336 e. The van der Waals surface area contributed by atoms with Crippen LogP contribution in [0.1, 0.15) is 61.3 Å². The minimum Gasteiger partial charge on any atom is -0.336 e. The summed E-state index contributed by atoms with van der Waals surface area (Å²) in [6.45, 7) is 6.91. The van der Waals surface area contributed by atoms with Crippen molar-refractivity contribution in [1.29, 1.82) is 0 Å². The van der Waals surface area contributed by atoms with Crippen molar-refractivity contribution in [3.8, 4) is 0 Å². The highest BCUT2D eigenvalue weighted by atomic mass is 16.2. The van der Waals surface area contributed by atoms with Crippen molar-refractivity contribution < 1.29 is 4.79 Å². The summed E-state index contributed by atoms with van der Waals surface area (Å²) in [4.78, 5) is 18.5. The summed E-state index contributed by atoms with van der Waals surface area (Å²) < 4.78 is 2.02. The zero-order chi connectivity index (χ0) is 16.6. The number of rotatable bonds is 4. The van der Waals surface area contributed by atoms with Crippen LogP contribution in [0.5, 0.6) is 0 Å². The number of hydrogen-bond donors (Lipinski definition) is 0. The average Bonchev–Trinajstić information content (AvgIpc) is 3.24. The van der Waals surface area contributed by atoms with Crippen LogP contribution < -0.4 is 0 Å². The smallest absolute Gasteiger partial charge is 0.274 e. The van der Waals surface area contributed by atoms with Crippen molar-refractivity contribution in [3.05, 3.63) is 47.5 Å². The molecular weight excluding hydrogens is 288 g/mol. The number of aromatic nitrogens is 3. The van der Waals surface area contributed by atoms with E-state index in [9.17, 15) is 4.79 Å². The van der Waals surface area contributed by atoms with Gasteiger partial charge in [-0.25, -0.2) is 0 Å². The normalized spacial score (nSPS) is 14.8. The summed E-state index contributed by atoms with van der Waals surface area (Å²) >= 11 is 0. The standard InChI is InChI=1S/C18H24N4O/c1-18(2,3)22-16(14-7-8-14)10-15(20-22)17(23)21(4)12-13-6-5-9-19-11-13/h5-6,9-11,14H,7-8,12H2,1-4H3. The van der Waals surface area contributed by atoms with E-state index in [4.69, 9.17) is 0 Å². The van der Waals surface area contributed by atoms with E-state index in [1.807, 2.05) is 29.9 Å². The van der Waals surface area contributed by atoms with E-state index in [-0.39, 0.29) is 11.4 Å². The van der Waals surface area contributed by atoms with Gasteiger partial charge < -0.3 is 4.90 Å². The molecule has 1 fully saturated rings. The minimum absolute atomic E-state index is 0.0428. The predicted octanol–water partition coefficient (Wildman–Crippen LogP) is 3.18. The van der Waals surface area contributed by atoms with Crippen LogP contribution in [0.2, 0.25) is 0 Å². The molecule has 2 aromatic rings. The molecule has 1 aliphatic carbocycles. The zero-order valence-electron chi connectivity index (χ0n) is 14.3. The second-order valence-electron chi connectivity index (χ2n) is 7.33. The van der Waals surface area contributed by atoms with E-state index in [1.54, 1.807) is 17.3 Å². The maximum atomic E-state index is 12.7. The van der Waals surface area contributed by atoms with Crippen LogP contribution >= 0.6 is 0 Å². The molecule has 0 aromatic carbocycles. The molecule has 0 N–H and O–H groups in total. The van der Waals surface area contributed by atoms with Gasteiger partial charge in [0.05, 0.1) is 5.54 Å². The zero-order valence-corrected chi connectivity index (χ0v) is 14.3. The number of carbonyl (C=O) groups is 1. The third kappa shape index (κ3) is 3.44. The maximum Gasteiger partial charge on any atom is 0.274 e. The first kappa shape index (κ1) is 15.7. The molecule has 0 spiro atoms. The number of carbonyl (C=O) groups excluding carboxylic acids is 1. The summed E-state index contributed by atoms with van der Waals surface area (Å²) in [5.41, 5.74) is 2.63. The van der Waals surface area contributed by atoms with E-state index in [2.05, 4.69) is 30.9 Å². The molecule has 0 unspecified atom stereocenters. The van der Waals surface area contributed by atoms with Gasteiger partial charge in [0.25, 0.3) is 5.91 Å². The first-order valence-electron chi connectivity index (χ1n) is 8.11. The van der Waals surface area contributed by atoms with Crippen LogP contribution in [-0.2, 0) is 12.1 Å². The Labute approximate surface area is 137 Å². The summed E-state index contributed by atoms with van der Waals surface area (Å²) in [7, 11) is 1.81. The number of hydrogen-bond acceptors (Lipinski definition) is 3. The lowest BCUT2D eigenvalue weighted by Gasteiger charge is -2.22. The first-order chi connectivity index (χ1) is 10.9. The fourth-order valence-electron chi connectivity index (χ4n) is 2.74. The van der Waals surface area contributed by atoms with Crippen molar-refractivity contribution >= 4 is 5.91 Å². The molecule has 5 heteroatoms. The molecule has 122 valence electrons. The van der Waals surface area contributed by atoms with E-state index >= 15 is 0 Å². The molecule has 5 nitrogen and oxygen atoms in total. The molecule has 0 saturated heterocycles. The lowest BCUT2D eigenvalue weighted by molar-refractivity contribution is 0.0777. The molecule has 1 saturated carbocycles. The van der Waals surface area contributed by atoms with Gasteiger partial charge in [-0.15, -0.1) is 0 Å². The molecule has 2 heterocycles. The van der Waals surface area contributed by atoms with Crippen molar-refractivity contribution in [3.63, 3.8) is 0 Å². The highest BCUT2D eigenvalue weighted by Gasteiger charge is 2.33. The molecule has 1 aliphatic rings. The molecule has 0 aliphatic heterocycles. The van der Waals surface area contributed by atoms with E-state index in [0.29, 0.717) is 18.2 Å². The Hall–Kier alpha value is -2.17. The van der Waals surface area contributed by atoms with Gasteiger partial charge in [0.1, 0.15) is 0 Å². The average molecular weight is 312 g/mol. The molecule has 0 bridgehead atoms. The molecule has 2 aromatic heterocycles. The minimum atomic E-state index is -0.113. The fourth-order valence-corrected chi connectivity index (χ4v) is 2.74. The Morgan fingerprint density at radius 1 is 1.39 bits per heavy atom. The van der Waals surface area contributed by atoms with E-state index in [1.165, 1.54) is 18.5 Å². The fraction of sp³-hybridized carbons (Fsp3) is 0.500. The van der Waals surface area contributed by atoms with Crippen molar-refractivity contribution in [2.24, 2.45) is 0 Å². The van der Waals surface area contributed by atoms with Gasteiger partial charge in [0.15, 0.2) is 5.69 Å². The van der Waals surface area contributed by atoms with Crippen LogP contribution in [-0.4, -0.2) is 32.6 Å². The van der Waals surface area contributed by atoms with Gasteiger partial charge in [-0.2, -0.15) is 5.10 Å². The summed E-state index contributed by atoms with van der Waals surface area (Å²) in [6.07, 6.45) is 5.91. The van der Waals surface area contributed by atoms with Gasteiger partial charge in [0.2, 0.25) is 0 Å². The monoisotopic (exact) mass is 312 g/mol. The summed E-state index contributed by atoms with van der Waals surface area (Å²) in [5.74, 6) is 0.519. The third-order valence-electron chi connectivity index (χ3n) is 4.08. The van der Waals surface area contributed by atoms with Gasteiger partial charge in [-0.3, -0.25) is 14.5 Å².